The zero-order chi connectivity index (χ0) is 22.2. The monoisotopic (exact) mass is 544 g/mol. The normalized spacial score (nSPS) is 12.0. The van der Waals surface area contributed by atoms with Gasteiger partial charge in [-0.3, -0.25) is 4.79 Å². The van der Waals surface area contributed by atoms with Gasteiger partial charge in [0.15, 0.2) is 6.10 Å². The first-order valence-corrected chi connectivity index (χ1v) is 11.3. The molecule has 1 amide bonds. The first-order valence-electron chi connectivity index (χ1n) is 9.73. The summed E-state index contributed by atoms with van der Waals surface area (Å²) in [6.07, 6.45) is 3.01. The number of nitrogens with zero attached hydrogens (tertiary/aromatic N) is 1. The molecule has 0 bridgehead atoms. The Kier molecular flexibility index (Phi) is 8.26. The topological polar surface area (TPSA) is 59.9 Å². The lowest BCUT2D eigenvalue weighted by molar-refractivity contribution is -0.128. The fourth-order valence-electron chi connectivity index (χ4n) is 2.92. The molecule has 31 heavy (non-hydrogen) atoms. The van der Waals surface area contributed by atoms with Crippen LogP contribution in [0.4, 0.5) is 0 Å². The highest BCUT2D eigenvalue weighted by Crippen LogP contribution is 2.33. The van der Waals surface area contributed by atoms with Gasteiger partial charge in [0.1, 0.15) is 18.1 Å². The van der Waals surface area contributed by atoms with Crippen LogP contribution in [0.5, 0.6) is 11.5 Å². The lowest BCUT2D eigenvalue weighted by atomic mass is 10.1. The summed E-state index contributed by atoms with van der Waals surface area (Å²) >= 11 is 7.03. The van der Waals surface area contributed by atoms with Gasteiger partial charge in [-0.05, 0) is 57.4 Å². The van der Waals surface area contributed by atoms with E-state index in [0.29, 0.717) is 24.5 Å². The van der Waals surface area contributed by atoms with E-state index in [0.717, 1.165) is 25.3 Å². The summed E-state index contributed by atoms with van der Waals surface area (Å²) in [4.78, 5) is 12.6. The number of ether oxygens (including phenoxy) is 2. The van der Waals surface area contributed by atoms with Crippen molar-refractivity contribution in [2.24, 2.45) is 5.10 Å². The highest BCUT2D eigenvalue weighted by Gasteiger charge is 2.20. The zero-order valence-electron chi connectivity index (χ0n) is 17.0. The van der Waals surface area contributed by atoms with Gasteiger partial charge in [-0.1, -0.05) is 65.8 Å². The van der Waals surface area contributed by atoms with Gasteiger partial charge in [0.25, 0.3) is 5.91 Å². The Labute approximate surface area is 198 Å². The second-order valence-corrected chi connectivity index (χ2v) is 8.34. The molecule has 0 spiro atoms. The smallest absolute Gasteiger partial charge is 0.281 e. The lowest BCUT2D eigenvalue weighted by Gasteiger charge is -2.17. The quantitative estimate of drug-likeness (QED) is 0.197. The number of hydrogen-bond donors (Lipinski definition) is 1. The Morgan fingerprint density at radius 1 is 1.16 bits per heavy atom. The molecule has 3 rings (SSSR count). The van der Waals surface area contributed by atoms with Crippen LogP contribution < -0.4 is 14.9 Å². The number of rotatable bonds is 9. The van der Waals surface area contributed by atoms with E-state index in [9.17, 15) is 4.79 Å². The molecule has 0 saturated heterocycles. The van der Waals surface area contributed by atoms with Gasteiger partial charge in [-0.15, -0.1) is 0 Å². The van der Waals surface area contributed by atoms with E-state index in [1.807, 2.05) is 61.5 Å². The van der Waals surface area contributed by atoms with E-state index in [1.165, 1.54) is 0 Å². The zero-order valence-corrected chi connectivity index (χ0v) is 20.1. The molecule has 0 aliphatic heterocycles. The lowest BCUT2D eigenvalue weighted by Crippen LogP contribution is -2.35. The molecule has 1 atom stereocenters. The van der Waals surface area contributed by atoms with Crippen LogP contribution in [0.2, 0.25) is 0 Å². The van der Waals surface area contributed by atoms with E-state index in [1.54, 1.807) is 12.3 Å². The van der Waals surface area contributed by atoms with Crippen LogP contribution in [0.25, 0.3) is 10.8 Å². The van der Waals surface area contributed by atoms with Crippen LogP contribution in [0.15, 0.2) is 81.3 Å². The fraction of sp³-hybridized carbons (Fsp3) is 0.167. The summed E-state index contributed by atoms with van der Waals surface area (Å²) in [5, 5.41) is 6.20. The second-order valence-electron chi connectivity index (χ2n) is 6.63. The van der Waals surface area contributed by atoms with E-state index in [2.05, 4.69) is 49.0 Å². The molecule has 0 aliphatic rings. The van der Waals surface area contributed by atoms with Crippen LogP contribution in [0.3, 0.4) is 0 Å². The maximum absolute atomic E-state index is 12.6. The number of benzene rings is 3. The summed E-state index contributed by atoms with van der Waals surface area (Å²) in [6, 6.07) is 17.3. The van der Waals surface area contributed by atoms with Crippen LogP contribution in [-0.2, 0) is 4.79 Å². The average Bonchev–Trinajstić information content (AvgIpc) is 2.78. The van der Waals surface area contributed by atoms with Crippen molar-refractivity contribution in [2.45, 2.75) is 19.4 Å². The number of amides is 1. The second kappa shape index (κ2) is 11.1. The van der Waals surface area contributed by atoms with Gasteiger partial charge in [-0.25, -0.2) is 5.43 Å². The van der Waals surface area contributed by atoms with Crippen molar-refractivity contribution >= 4 is 54.8 Å². The van der Waals surface area contributed by atoms with Crippen molar-refractivity contribution in [1.82, 2.24) is 5.43 Å². The van der Waals surface area contributed by atoms with Crippen molar-refractivity contribution < 1.29 is 14.3 Å². The van der Waals surface area contributed by atoms with Crippen LogP contribution >= 0.6 is 31.9 Å². The van der Waals surface area contributed by atoms with Crippen molar-refractivity contribution in [3.05, 3.63) is 81.8 Å². The Morgan fingerprint density at radius 3 is 2.71 bits per heavy atom. The largest absolute Gasteiger partial charge is 0.489 e. The van der Waals surface area contributed by atoms with Gasteiger partial charge >= 0.3 is 0 Å². The van der Waals surface area contributed by atoms with E-state index in [-0.39, 0.29) is 5.91 Å². The van der Waals surface area contributed by atoms with Crippen molar-refractivity contribution in [2.75, 3.05) is 6.61 Å². The van der Waals surface area contributed by atoms with Crippen LogP contribution in [-0.4, -0.2) is 24.8 Å². The Hall–Kier alpha value is -2.64. The van der Waals surface area contributed by atoms with Gasteiger partial charge < -0.3 is 9.47 Å². The van der Waals surface area contributed by atoms with Crippen molar-refractivity contribution in [3.63, 3.8) is 0 Å². The van der Waals surface area contributed by atoms with E-state index in [4.69, 9.17) is 9.47 Å². The van der Waals surface area contributed by atoms with Crippen molar-refractivity contribution in [3.8, 4) is 11.5 Å². The van der Waals surface area contributed by atoms with Gasteiger partial charge in [-0.2, -0.15) is 5.10 Å². The molecule has 5 nitrogen and oxygen atoms in total. The summed E-state index contributed by atoms with van der Waals surface area (Å²) in [6.45, 7) is 5.92. The predicted octanol–water partition coefficient (Wildman–Crippen LogP) is 6.24. The number of carbonyl (C=O) groups is 1. The number of fused-ring (bicyclic) bond motifs is 1. The molecule has 3 aromatic carbocycles. The molecule has 0 radical (unpaired) electrons. The molecule has 0 aromatic heterocycles. The summed E-state index contributed by atoms with van der Waals surface area (Å²) < 4.78 is 13.3. The third-order valence-electron chi connectivity index (χ3n) is 4.47. The Bertz CT molecular complexity index is 1120. The van der Waals surface area contributed by atoms with Crippen LogP contribution in [0.1, 0.15) is 18.9 Å². The molecule has 0 heterocycles. The summed E-state index contributed by atoms with van der Waals surface area (Å²) in [5.41, 5.74) is 3.29. The van der Waals surface area contributed by atoms with Gasteiger partial charge in [0.05, 0.1) is 10.7 Å². The maximum atomic E-state index is 12.6. The molecule has 0 saturated carbocycles. The number of halogens is 2. The summed E-state index contributed by atoms with van der Waals surface area (Å²) in [7, 11) is 0. The molecule has 1 unspecified atom stereocenters. The minimum absolute atomic E-state index is 0.331. The summed E-state index contributed by atoms with van der Waals surface area (Å²) in [5.74, 6) is 0.920. The molecule has 160 valence electrons. The number of carbonyl (C=O) groups excluding carboxylic acids is 1. The molecule has 1 N–H and O–H groups in total. The van der Waals surface area contributed by atoms with E-state index >= 15 is 0 Å². The fourth-order valence-corrected chi connectivity index (χ4v) is 3.88. The molecule has 0 aliphatic carbocycles. The predicted molar refractivity (Wildman–Crippen MR) is 132 cm³/mol. The highest BCUT2D eigenvalue weighted by molar-refractivity contribution is 9.11. The first kappa shape index (κ1) is 23.0. The number of hydrazone groups is 1. The standard InChI is InChI=1S/C24H22Br2N2O3/c1-3-13-30-21-12-10-18(25)14-17(21)15-27-28-24(29)20(4-2)31-22-11-9-16-7-5-6-8-19(16)23(22)26/h3,5-12,14-15,20H,1,4,13H2,2H3,(H,28,29)/b27-15+. The minimum atomic E-state index is -0.686. The molecule has 7 heteroatoms. The SMILES string of the molecule is C=CCOc1ccc(Br)cc1/C=N/NC(=O)C(CC)Oc1ccc2ccccc2c1Br. The third-order valence-corrected chi connectivity index (χ3v) is 5.78. The van der Waals surface area contributed by atoms with Crippen LogP contribution in [0, 0.1) is 0 Å². The maximum Gasteiger partial charge on any atom is 0.281 e. The molecular formula is C24H22Br2N2O3. The molecular weight excluding hydrogens is 524 g/mol. The molecule has 0 fully saturated rings. The molecule has 3 aromatic rings. The number of hydrogen-bond acceptors (Lipinski definition) is 4. The van der Waals surface area contributed by atoms with Gasteiger partial charge in [0, 0.05) is 10.0 Å². The Morgan fingerprint density at radius 2 is 1.94 bits per heavy atom. The van der Waals surface area contributed by atoms with Gasteiger partial charge in [0.2, 0.25) is 0 Å². The number of nitrogens with one attached hydrogen (secondary N) is 1. The Balaban J connectivity index is 1.70. The average molecular weight is 546 g/mol. The van der Waals surface area contributed by atoms with E-state index < -0.39 is 6.10 Å². The minimum Gasteiger partial charge on any atom is -0.489 e. The highest BCUT2D eigenvalue weighted by atomic mass is 79.9. The van der Waals surface area contributed by atoms with Crippen molar-refractivity contribution in [1.29, 1.82) is 0 Å². The third kappa shape index (κ3) is 5.95. The first-order chi connectivity index (χ1) is 15.0.